The molecule has 0 aliphatic carbocycles. The first-order valence-electron chi connectivity index (χ1n) is 6.43. The van der Waals surface area contributed by atoms with E-state index < -0.39 is 0 Å². The monoisotopic (exact) mass is 375 g/mol. The summed E-state index contributed by atoms with van der Waals surface area (Å²) < 4.78 is 0.689. The van der Waals surface area contributed by atoms with Crippen molar-refractivity contribution in [2.45, 2.75) is 12.8 Å². The first-order chi connectivity index (χ1) is 9.08. The lowest BCUT2D eigenvalue weighted by Gasteiger charge is -2.29. The Morgan fingerprint density at radius 3 is 2.95 bits per heavy atom. The van der Waals surface area contributed by atoms with E-state index in [2.05, 4.69) is 10.2 Å². The highest BCUT2D eigenvalue weighted by Crippen LogP contribution is 2.26. The van der Waals surface area contributed by atoms with Gasteiger partial charge < -0.3 is 10.2 Å². The summed E-state index contributed by atoms with van der Waals surface area (Å²) in [5, 5.41) is 14.2. The van der Waals surface area contributed by atoms with E-state index in [9.17, 15) is 10.1 Å². The number of rotatable bonds is 4. The minimum Gasteiger partial charge on any atom is -0.374 e. The van der Waals surface area contributed by atoms with E-state index in [1.54, 1.807) is 6.07 Å². The van der Waals surface area contributed by atoms with E-state index in [0.717, 1.165) is 25.3 Å². The molecule has 1 atom stereocenters. The standard InChI is InChI=1S/C13H18IN3O2/c1-16(9-10-3-2-6-15-8-10)11-4-5-13(17(18)19)12(14)7-11/h4-5,7,10,15H,2-3,6,8-9H2,1H3. The molecule has 1 fully saturated rings. The van der Waals surface area contributed by atoms with Crippen molar-refractivity contribution >= 4 is 34.0 Å². The third-order valence-electron chi connectivity index (χ3n) is 3.50. The lowest BCUT2D eigenvalue weighted by molar-refractivity contribution is -0.385. The summed E-state index contributed by atoms with van der Waals surface area (Å²) in [6.45, 7) is 3.17. The van der Waals surface area contributed by atoms with Crippen molar-refractivity contribution in [2.24, 2.45) is 5.92 Å². The molecule has 6 heteroatoms. The van der Waals surface area contributed by atoms with Crippen LogP contribution in [0.2, 0.25) is 0 Å². The molecule has 5 nitrogen and oxygen atoms in total. The molecular weight excluding hydrogens is 357 g/mol. The van der Waals surface area contributed by atoms with Crippen LogP contribution in [0.4, 0.5) is 11.4 Å². The Hall–Kier alpha value is -0.890. The summed E-state index contributed by atoms with van der Waals surface area (Å²) in [4.78, 5) is 12.6. The van der Waals surface area contributed by atoms with Gasteiger partial charge in [-0.1, -0.05) is 0 Å². The maximum Gasteiger partial charge on any atom is 0.282 e. The predicted octanol–water partition coefficient (Wildman–Crippen LogP) is 2.64. The summed E-state index contributed by atoms with van der Waals surface area (Å²) in [6, 6.07) is 5.30. The van der Waals surface area contributed by atoms with Crippen molar-refractivity contribution in [1.29, 1.82) is 0 Å². The van der Waals surface area contributed by atoms with Crippen LogP contribution >= 0.6 is 22.6 Å². The highest BCUT2D eigenvalue weighted by molar-refractivity contribution is 14.1. The number of hydrogen-bond donors (Lipinski definition) is 1. The van der Waals surface area contributed by atoms with Gasteiger partial charge in [0.2, 0.25) is 0 Å². The second-order valence-electron chi connectivity index (χ2n) is 4.99. The zero-order valence-corrected chi connectivity index (χ0v) is 13.1. The molecule has 0 spiro atoms. The molecule has 2 rings (SSSR count). The van der Waals surface area contributed by atoms with Gasteiger partial charge in [-0.15, -0.1) is 0 Å². The molecule has 1 aliphatic rings. The number of nitrogens with one attached hydrogen (secondary N) is 1. The Kier molecular flexibility index (Phi) is 4.98. The minimum absolute atomic E-state index is 0.178. The third-order valence-corrected chi connectivity index (χ3v) is 4.36. The topological polar surface area (TPSA) is 58.4 Å². The van der Waals surface area contributed by atoms with E-state index in [4.69, 9.17) is 0 Å². The second kappa shape index (κ2) is 6.51. The molecule has 1 aliphatic heterocycles. The molecule has 1 saturated heterocycles. The van der Waals surface area contributed by atoms with E-state index in [0.29, 0.717) is 9.49 Å². The maximum absolute atomic E-state index is 10.8. The fourth-order valence-electron chi connectivity index (χ4n) is 2.45. The molecule has 0 amide bonds. The molecule has 1 aromatic rings. The van der Waals surface area contributed by atoms with Crippen molar-refractivity contribution in [3.63, 3.8) is 0 Å². The van der Waals surface area contributed by atoms with Crippen molar-refractivity contribution in [1.82, 2.24) is 5.32 Å². The highest BCUT2D eigenvalue weighted by Gasteiger charge is 2.17. The van der Waals surface area contributed by atoms with E-state index in [-0.39, 0.29) is 10.6 Å². The lowest BCUT2D eigenvalue weighted by Crippen LogP contribution is -2.36. The molecule has 19 heavy (non-hydrogen) atoms. The summed E-state index contributed by atoms with van der Waals surface area (Å²) >= 11 is 2.02. The van der Waals surface area contributed by atoms with Gasteiger partial charge in [0.25, 0.3) is 5.69 Å². The van der Waals surface area contributed by atoms with Gasteiger partial charge in [0.1, 0.15) is 0 Å². The van der Waals surface area contributed by atoms with Gasteiger partial charge in [0, 0.05) is 25.3 Å². The van der Waals surface area contributed by atoms with Gasteiger partial charge in [-0.3, -0.25) is 10.1 Å². The number of halogens is 1. The van der Waals surface area contributed by atoms with E-state index >= 15 is 0 Å². The number of nitro benzene ring substituents is 1. The van der Waals surface area contributed by atoms with E-state index in [1.165, 1.54) is 12.8 Å². The molecule has 0 aromatic heterocycles. The summed E-state index contributed by atoms with van der Waals surface area (Å²) in [7, 11) is 2.05. The first kappa shape index (κ1) is 14.5. The van der Waals surface area contributed by atoms with Gasteiger partial charge >= 0.3 is 0 Å². The maximum atomic E-state index is 10.8. The smallest absolute Gasteiger partial charge is 0.282 e. The Morgan fingerprint density at radius 2 is 2.37 bits per heavy atom. The van der Waals surface area contributed by atoms with Gasteiger partial charge in [-0.2, -0.15) is 0 Å². The average Bonchev–Trinajstić information content (AvgIpc) is 2.39. The normalized spacial score (nSPS) is 19.2. The summed E-state index contributed by atoms with van der Waals surface area (Å²) in [5.74, 6) is 0.659. The first-order valence-corrected chi connectivity index (χ1v) is 7.51. The molecule has 0 bridgehead atoms. The molecule has 1 unspecified atom stereocenters. The van der Waals surface area contributed by atoms with Crippen LogP contribution in [0.25, 0.3) is 0 Å². The van der Waals surface area contributed by atoms with Crippen LogP contribution in [0, 0.1) is 19.6 Å². The van der Waals surface area contributed by atoms with Crippen LogP contribution in [0.5, 0.6) is 0 Å². The molecular formula is C13H18IN3O2. The van der Waals surface area contributed by atoms with E-state index in [1.807, 2.05) is 41.8 Å². The van der Waals surface area contributed by atoms with Crippen LogP contribution in [0.15, 0.2) is 18.2 Å². The van der Waals surface area contributed by atoms with Gasteiger partial charge in [-0.25, -0.2) is 0 Å². The fourth-order valence-corrected chi connectivity index (χ4v) is 3.15. The Balaban J connectivity index is 2.04. The molecule has 1 heterocycles. The predicted molar refractivity (Wildman–Crippen MR) is 84.7 cm³/mol. The Morgan fingerprint density at radius 1 is 1.58 bits per heavy atom. The van der Waals surface area contributed by atoms with Crippen molar-refractivity contribution in [2.75, 3.05) is 31.6 Å². The fraction of sp³-hybridized carbons (Fsp3) is 0.538. The Bertz CT molecular complexity index is 461. The molecule has 1 N–H and O–H groups in total. The molecule has 104 valence electrons. The number of benzene rings is 1. The van der Waals surface area contributed by atoms with Crippen LogP contribution in [0.3, 0.4) is 0 Å². The van der Waals surface area contributed by atoms with Gasteiger partial charge in [0.15, 0.2) is 0 Å². The number of nitrogens with zero attached hydrogens (tertiary/aromatic N) is 2. The van der Waals surface area contributed by atoms with Crippen molar-refractivity contribution in [3.05, 3.63) is 31.9 Å². The number of nitro groups is 1. The highest BCUT2D eigenvalue weighted by atomic mass is 127. The quantitative estimate of drug-likeness (QED) is 0.500. The van der Waals surface area contributed by atoms with Gasteiger partial charge in [-0.05, 0) is 66.6 Å². The molecule has 0 saturated carbocycles. The number of anilines is 1. The summed E-state index contributed by atoms with van der Waals surface area (Å²) in [6.07, 6.45) is 2.48. The molecule has 1 aromatic carbocycles. The SMILES string of the molecule is CN(CC1CCCNC1)c1ccc([N+](=O)[O-])c(I)c1. The van der Waals surface area contributed by atoms with Crippen molar-refractivity contribution in [3.8, 4) is 0 Å². The number of hydrogen-bond acceptors (Lipinski definition) is 4. The zero-order chi connectivity index (χ0) is 13.8. The minimum atomic E-state index is -0.337. The van der Waals surface area contributed by atoms with Crippen LogP contribution in [-0.2, 0) is 0 Å². The lowest BCUT2D eigenvalue weighted by atomic mass is 9.99. The van der Waals surface area contributed by atoms with Crippen LogP contribution in [0.1, 0.15) is 12.8 Å². The van der Waals surface area contributed by atoms with Gasteiger partial charge in [0.05, 0.1) is 8.49 Å². The summed E-state index contributed by atoms with van der Waals surface area (Å²) in [5.41, 5.74) is 1.22. The Labute approximate surface area is 126 Å². The third kappa shape index (κ3) is 3.79. The van der Waals surface area contributed by atoms with Crippen molar-refractivity contribution < 1.29 is 4.92 Å². The molecule has 0 radical (unpaired) electrons. The number of piperidine rings is 1. The largest absolute Gasteiger partial charge is 0.374 e. The van der Waals surface area contributed by atoms with Crippen LogP contribution in [-0.4, -0.2) is 31.6 Å². The second-order valence-corrected chi connectivity index (χ2v) is 6.15. The average molecular weight is 375 g/mol. The van der Waals surface area contributed by atoms with Crippen LogP contribution < -0.4 is 10.2 Å². The zero-order valence-electron chi connectivity index (χ0n) is 10.9.